The van der Waals surface area contributed by atoms with Crippen LogP contribution in [0.5, 0.6) is 11.5 Å². The smallest absolute Gasteiger partial charge is 0.340 e. The molecule has 1 aromatic heterocycles. The van der Waals surface area contributed by atoms with Crippen LogP contribution in [-0.2, 0) is 4.74 Å². The molecular weight excluding hydrogens is 360 g/mol. The summed E-state index contributed by atoms with van der Waals surface area (Å²) in [5.41, 5.74) is 2.29. The molecule has 0 aliphatic rings. The van der Waals surface area contributed by atoms with Gasteiger partial charge in [0, 0.05) is 23.2 Å². The third-order valence-corrected chi connectivity index (χ3v) is 4.27. The van der Waals surface area contributed by atoms with Crippen LogP contribution in [0.1, 0.15) is 26.4 Å². The summed E-state index contributed by atoms with van der Waals surface area (Å²) in [6.45, 7) is 1.82. The minimum absolute atomic E-state index is 0.156. The Morgan fingerprint density at radius 3 is 2.29 bits per heavy atom. The van der Waals surface area contributed by atoms with Crippen molar-refractivity contribution in [2.24, 2.45) is 0 Å². The third kappa shape index (κ3) is 3.59. The first-order valence-corrected chi connectivity index (χ1v) is 8.50. The maximum absolute atomic E-state index is 13.0. The molecule has 0 bridgehead atoms. The first-order valence-electron chi connectivity index (χ1n) is 8.50. The molecule has 0 radical (unpaired) electrons. The number of rotatable bonds is 5. The number of pyridine rings is 1. The van der Waals surface area contributed by atoms with Crippen molar-refractivity contribution in [3.8, 4) is 11.5 Å². The summed E-state index contributed by atoms with van der Waals surface area (Å²) >= 11 is 0. The molecule has 144 valence electrons. The van der Waals surface area contributed by atoms with E-state index in [-0.39, 0.29) is 17.2 Å². The molecule has 0 spiro atoms. The lowest BCUT2D eigenvalue weighted by Gasteiger charge is -2.15. The van der Waals surface area contributed by atoms with Crippen molar-refractivity contribution in [2.45, 2.75) is 6.92 Å². The first kappa shape index (κ1) is 19.2. The number of aromatic nitrogens is 1. The van der Waals surface area contributed by atoms with Crippen molar-refractivity contribution in [2.75, 3.05) is 26.6 Å². The molecule has 2 aromatic carbocycles. The molecule has 0 atom stereocenters. The Hall–Kier alpha value is -3.61. The van der Waals surface area contributed by atoms with Crippen molar-refractivity contribution in [1.29, 1.82) is 0 Å². The maximum Gasteiger partial charge on any atom is 0.340 e. The van der Waals surface area contributed by atoms with Crippen molar-refractivity contribution in [3.05, 3.63) is 59.3 Å². The summed E-state index contributed by atoms with van der Waals surface area (Å²) in [5.74, 6) is -0.251. The lowest BCUT2D eigenvalue weighted by molar-refractivity contribution is 0.0601. The number of fused-ring (bicyclic) bond motifs is 1. The molecule has 0 unspecified atom stereocenters. The van der Waals surface area contributed by atoms with E-state index in [2.05, 4.69) is 10.3 Å². The number of hydrogen-bond acceptors (Lipinski definition) is 6. The van der Waals surface area contributed by atoms with Gasteiger partial charge in [-0.15, -0.1) is 0 Å². The first-order chi connectivity index (χ1) is 13.5. The zero-order valence-corrected chi connectivity index (χ0v) is 16.0. The summed E-state index contributed by atoms with van der Waals surface area (Å²) in [7, 11) is 4.20. The number of esters is 1. The molecule has 0 aliphatic carbocycles. The molecule has 1 heterocycles. The van der Waals surface area contributed by atoms with Gasteiger partial charge in [-0.2, -0.15) is 0 Å². The van der Waals surface area contributed by atoms with Crippen LogP contribution in [0, 0.1) is 6.92 Å². The van der Waals surface area contributed by atoms with Crippen molar-refractivity contribution < 1.29 is 23.8 Å². The fourth-order valence-electron chi connectivity index (χ4n) is 2.95. The molecule has 7 heteroatoms. The van der Waals surface area contributed by atoms with E-state index < -0.39 is 5.97 Å². The number of carbonyl (C=O) groups excluding carboxylic acids is 2. The van der Waals surface area contributed by atoms with Crippen LogP contribution in [-0.4, -0.2) is 38.2 Å². The summed E-state index contributed by atoms with van der Waals surface area (Å²) in [5, 5.41) is 3.50. The van der Waals surface area contributed by atoms with Crippen LogP contribution in [0.4, 0.5) is 5.69 Å². The van der Waals surface area contributed by atoms with E-state index in [1.165, 1.54) is 33.5 Å². The number of anilines is 1. The average Bonchev–Trinajstić information content (AvgIpc) is 2.71. The number of para-hydroxylation sites is 1. The number of carbonyl (C=O) groups is 2. The molecular formula is C21H20N2O5. The summed E-state index contributed by atoms with van der Waals surface area (Å²) in [6, 6.07) is 12.1. The minimum Gasteiger partial charge on any atom is -0.493 e. The Balaban J connectivity index is 2.08. The molecule has 28 heavy (non-hydrogen) atoms. The second-order valence-electron chi connectivity index (χ2n) is 6.03. The van der Waals surface area contributed by atoms with Gasteiger partial charge in [0.2, 0.25) is 0 Å². The number of nitrogens with zero attached hydrogens (tertiary/aromatic N) is 1. The van der Waals surface area contributed by atoms with Crippen molar-refractivity contribution in [1.82, 2.24) is 4.98 Å². The number of amides is 1. The highest BCUT2D eigenvalue weighted by Gasteiger charge is 2.20. The van der Waals surface area contributed by atoms with Crippen LogP contribution in [0.2, 0.25) is 0 Å². The number of ether oxygens (including phenoxy) is 3. The van der Waals surface area contributed by atoms with Crippen LogP contribution >= 0.6 is 0 Å². The topological polar surface area (TPSA) is 86.8 Å². The van der Waals surface area contributed by atoms with Crippen LogP contribution in [0.25, 0.3) is 10.9 Å². The van der Waals surface area contributed by atoms with Crippen molar-refractivity contribution >= 4 is 28.5 Å². The van der Waals surface area contributed by atoms with Gasteiger partial charge in [-0.3, -0.25) is 9.78 Å². The highest BCUT2D eigenvalue weighted by molar-refractivity contribution is 6.14. The molecule has 7 nitrogen and oxygen atoms in total. The highest BCUT2D eigenvalue weighted by atomic mass is 16.5. The van der Waals surface area contributed by atoms with Gasteiger partial charge in [-0.25, -0.2) is 4.79 Å². The molecule has 3 aromatic rings. The molecule has 0 aliphatic heterocycles. The zero-order valence-electron chi connectivity index (χ0n) is 16.0. The highest BCUT2D eigenvalue weighted by Crippen LogP contribution is 2.34. The Labute approximate surface area is 162 Å². The second-order valence-corrected chi connectivity index (χ2v) is 6.03. The fraction of sp³-hybridized carbons (Fsp3) is 0.190. The van der Waals surface area contributed by atoms with Crippen LogP contribution < -0.4 is 14.8 Å². The van der Waals surface area contributed by atoms with E-state index in [9.17, 15) is 9.59 Å². The average molecular weight is 380 g/mol. The molecule has 0 saturated heterocycles. The number of aryl methyl sites for hydroxylation is 1. The normalized spacial score (nSPS) is 10.4. The van der Waals surface area contributed by atoms with Gasteiger partial charge in [-0.05, 0) is 19.1 Å². The van der Waals surface area contributed by atoms with Gasteiger partial charge < -0.3 is 19.5 Å². The van der Waals surface area contributed by atoms with Gasteiger partial charge in [0.05, 0.1) is 43.7 Å². The summed E-state index contributed by atoms with van der Waals surface area (Å²) in [6.07, 6.45) is 0. The molecule has 0 fully saturated rings. The molecule has 3 rings (SSSR count). The quantitative estimate of drug-likeness (QED) is 0.681. The van der Waals surface area contributed by atoms with E-state index in [0.717, 1.165) is 0 Å². The third-order valence-electron chi connectivity index (χ3n) is 4.27. The molecule has 1 N–H and O–H groups in total. The van der Waals surface area contributed by atoms with E-state index in [0.29, 0.717) is 33.7 Å². The lowest BCUT2D eigenvalue weighted by atomic mass is 10.1. The second kappa shape index (κ2) is 7.96. The van der Waals surface area contributed by atoms with Crippen LogP contribution in [0.3, 0.4) is 0 Å². The van der Waals surface area contributed by atoms with E-state index in [1.54, 1.807) is 6.07 Å². The number of hydrogen-bond donors (Lipinski definition) is 1. The van der Waals surface area contributed by atoms with E-state index in [1.807, 2.05) is 31.2 Å². The Morgan fingerprint density at radius 2 is 1.61 bits per heavy atom. The van der Waals surface area contributed by atoms with Gasteiger partial charge in [0.25, 0.3) is 5.91 Å². The number of benzene rings is 2. The Kier molecular flexibility index (Phi) is 5.44. The van der Waals surface area contributed by atoms with Gasteiger partial charge in [0.15, 0.2) is 11.5 Å². The van der Waals surface area contributed by atoms with Gasteiger partial charge in [-0.1, -0.05) is 18.2 Å². The monoisotopic (exact) mass is 380 g/mol. The fourth-order valence-corrected chi connectivity index (χ4v) is 2.95. The predicted octanol–water partition coefficient (Wildman–Crippen LogP) is 3.60. The standard InChI is InChI=1S/C21H20N2O5/c1-12-9-14(13-7-5-6-8-16(13)22-12)20(24)23-17-11-19(27-3)18(26-2)10-15(17)21(25)28-4/h5-11H,1-4H3,(H,23,24). The largest absolute Gasteiger partial charge is 0.493 e. The molecule has 1 amide bonds. The maximum atomic E-state index is 13.0. The number of methoxy groups -OCH3 is 3. The van der Waals surface area contributed by atoms with Gasteiger partial charge >= 0.3 is 5.97 Å². The Bertz CT molecular complexity index is 1060. The lowest BCUT2D eigenvalue weighted by Crippen LogP contribution is -2.16. The zero-order chi connectivity index (χ0) is 20.3. The predicted molar refractivity (Wildman–Crippen MR) is 105 cm³/mol. The Morgan fingerprint density at radius 1 is 0.929 bits per heavy atom. The van der Waals surface area contributed by atoms with E-state index >= 15 is 0 Å². The molecule has 0 saturated carbocycles. The minimum atomic E-state index is -0.605. The summed E-state index contributed by atoms with van der Waals surface area (Å²) < 4.78 is 15.3. The van der Waals surface area contributed by atoms with Crippen molar-refractivity contribution in [3.63, 3.8) is 0 Å². The van der Waals surface area contributed by atoms with Crippen LogP contribution in [0.15, 0.2) is 42.5 Å². The van der Waals surface area contributed by atoms with Gasteiger partial charge in [0.1, 0.15) is 0 Å². The SMILES string of the molecule is COC(=O)c1cc(OC)c(OC)cc1NC(=O)c1cc(C)nc2ccccc12. The number of nitrogens with one attached hydrogen (secondary N) is 1. The van der Waals surface area contributed by atoms with E-state index in [4.69, 9.17) is 14.2 Å². The summed E-state index contributed by atoms with van der Waals surface area (Å²) in [4.78, 5) is 29.7.